The number of aromatic nitrogens is 2. The third-order valence-corrected chi connectivity index (χ3v) is 3.34. The zero-order valence-corrected chi connectivity index (χ0v) is 12.9. The van der Waals surface area contributed by atoms with E-state index in [1.54, 1.807) is 6.07 Å². The topological polar surface area (TPSA) is 64.5 Å². The minimum absolute atomic E-state index is 0.0509. The number of esters is 1. The Hall–Kier alpha value is -1.85. The van der Waals surface area contributed by atoms with Crippen molar-refractivity contribution in [1.82, 2.24) is 9.97 Å². The fourth-order valence-corrected chi connectivity index (χ4v) is 2.48. The molecule has 1 aromatic rings. The predicted octanol–water partition coefficient (Wildman–Crippen LogP) is 2.19. The lowest BCUT2D eigenvalue weighted by molar-refractivity contribution is -0.145. The minimum atomic E-state index is -0.263. The Morgan fingerprint density at radius 1 is 1.43 bits per heavy atom. The Morgan fingerprint density at radius 3 is 2.95 bits per heavy atom. The maximum Gasteiger partial charge on any atom is 0.328 e. The van der Waals surface area contributed by atoms with Crippen molar-refractivity contribution in [3.05, 3.63) is 12.4 Å². The molecule has 21 heavy (non-hydrogen) atoms. The van der Waals surface area contributed by atoms with Crippen LogP contribution >= 0.6 is 0 Å². The predicted molar refractivity (Wildman–Crippen MR) is 79.4 cm³/mol. The van der Waals surface area contributed by atoms with Crippen LogP contribution in [0, 0.1) is 0 Å². The molecular weight excluding hydrogens is 270 g/mol. The molecule has 0 saturated carbocycles. The first kappa shape index (κ1) is 15.5. The molecule has 0 aliphatic carbocycles. The number of carbonyl (C=O) groups excluding carboxylic acids is 1. The monoisotopic (exact) mass is 293 g/mol. The molecule has 0 bridgehead atoms. The van der Waals surface area contributed by atoms with Crippen LogP contribution in [0.25, 0.3) is 0 Å². The molecule has 0 spiro atoms. The highest BCUT2D eigenvalue weighted by Gasteiger charge is 2.31. The van der Waals surface area contributed by atoms with Gasteiger partial charge in [-0.1, -0.05) is 0 Å². The van der Waals surface area contributed by atoms with Gasteiger partial charge in [0.25, 0.3) is 0 Å². The SMILES string of the molecule is CCOC(=O)C1CCCCN1c1cc(OC(C)C)ncn1. The van der Waals surface area contributed by atoms with Gasteiger partial charge in [0.15, 0.2) is 0 Å². The number of nitrogens with zero attached hydrogens (tertiary/aromatic N) is 3. The van der Waals surface area contributed by atoms with E-state index in [0.717, 1.165) is 31.6 Å². The van der Waals surface area contributed by atoms with Crippen LogP contribution in [0.5, 0.6) is 5.88 Å². The van der Waals surface area contributed by atoms with Gasteiger partial charge < -0.3 is 14.4 Å². The first-order valence-electron chi connectivity index (χ1n) is 7.53. The van der Waals surface area contributed by atoms with Crippen molar-refractivity contribution in [3.63, 3.8) is 0 Å². The van der Waals surface area contributed by atoms with E-state index in [1.165, 1.54) is 6.33 Å². The lowest BCUT2D eigenvalue weighted by Crippen LogP contribution is -2.46. The highest BCUT2D eigenvalue weighted by atomic mass is 16.5. The summed E-state index contributed by atoms with van der Waals surface area (Å²) < 4.78 is 10.8. The van der Waals surface area contributed by atoms with Crippen molar-refractivity contribution >= 4 is 11.8 Å². The van der Waals surface area contributed by atoms with Crippen molar-refractivity contribution in [2.24, 2.45) is 0 Å². The Kier molecular flexibility index (Phi) is 5.36. The average molecular weight is 293 g/mol. The van der Waals surface area contributed by atoms with Gasteiger partial charge in [0, 0.05) is 12.6 Å². The zero-order chi connectivity index (χ0) is 15.2. The summed E-state index contributed by atoms with van der Waals surface area (Å²) in [6, 6.07) is 1.53. The van der Waals surface area contributed by atoms with Gasteiger partial charge in [0.2, 0.25) is 5.88 Å². The zero-order valence-electron chi connectivity index (χ0n) is 12.9. The van der Waals surface area contributed by atoms with Gasteiger partial charge in [0.05, 0.1) is 12.7 Å². The normalized spacial score (nSPS) is 18.7. The molecule has 0 N–H and O–H groups in total. The smallest absolute Gasteiger partial charge is 0.328 e. The molecule has 1 aliphatic heterocycles. The number of carbonyl (C=O) groups is 1. The van der Waals surface area contributed by atoms with E-state index in [-0.39, 0.29) is 18.1 Å². The minimum Gasteiger partial charge on any atom is -0.475 e. The summed E-state index contributed by atoms with van der Waals surface area (Å²) in [4.78, 5) is 22.5. The standard InChI is InChI=1S/C15H23N3O3/c1-4-20-15(19)12-7-5-6-8-18(12)13-9-14(17-10-16-13)21-11(2)3/h9-12H,4-8H2,1-3H3. The van der Waals surface area contributed by atoms with E-state index in [9.17, 15) is 4.79 Å². The van der Waals surface area contributed by atoms with E-state index in [4.69, 9.17) is 9.47 Å². The summed E-state index contributed by atoms with van der Waals surface area (Å²) >= 11 is 0. The maximum absolute atomic E-state index is 12.1. The number of rotatable bonds is 5. The van der Waals surface area contributed by atoms with Gasteiger partial charge in [0.1, 0.15) is 18.2 Å². The molecule has 6 heteroatoms. The van der Waals surface area contributed by atoms with Crippen LogP contribution in [0.1, 0.15) is 40.0 Å². The van der Waals surface area contributed by atoms with Crippen molar-refractivity contribution in [1.29, 1.82) is 0 Å². The van der Waals surface area contributed by atoms with Crippen LogP contribution in [0.4, 0.5) is 5.82 Å². The largest absolute Gasteiger partial charge is 0.475 e. The highest BCUT2D eigenvalue weighted by molar-refractivity contribution is 5.80. The third kappa shape index (κ3) is 4.06. The number of hydrogen-bond acceptors (Lipinski definition) is 6. The molecule has 1 aliphatic rings. The van der Waals surface area contributed by atoms with E-state index in [1.807, 2.05) is 25.7 Å². The highest BCUT2D eigenvalue weighted by Crippen LogP contribution is 2.25. The second-order valence-electron chi connectivity index (χ2n) is 5.34. The van der Waals surface area contributed by atoms with Crippen molar-refractivity contribution in [2.45, 2.75) is 52.2 Å². The average Bonchev–Trinajstić information content (AvgIpc) is 2.47. The Morgan fingerprint density at radius 2 is 2.24 bits per heavy atom. The van der Waals surface area contributed by atoms with E-state index < -0.39 is 0 Å². The van der Waals surface area contributed by atoms with Crippen molar-refractivity contribution < 1.29 is 14.3 Å². The number of hydrogen-bond donors (Lipinski definition) is 0. The molecule has 0 amide bonds. The molecule has 1 aromatic heterocycles. The van der Waals surface area contributed by atoms with Crippen LogP contribution in [0.15, 0.2) is 12.4 Å². The van der Waals surface area contributed by atoms with Gasteiger partial charge in [-0.25, -0.2) is 14.8 Å². The first-order chi connectivity index (χ1) is 10.1. The second-order valence-corrected chi connectivity index (χ2v) is 5.34. The number of ether oxygens (including phenoxy) is 2. The third-order valence-electron chi connectivity index (χ3n) is 3.34. The Bertz CT molecular complexity index is 479. The molecule has 1 saturated heterocycles. The molecule has 6 nitrogen and oxygen atoms in total. The fourth-order valence-electron chi connectivity index (χ4n) is 2.48. The molecule has 1 atom stereocenters. The Balaban J connectivity index is 2.18. The summed E-state index contributed by atoms with van der Waals surface area (Å²) in [5, 5.41) is 0. The fraction of sp³-hybridized carbons (Fsp3) is 0.667. The molecular formula is C15H23N3O3. The lowest BCUT2D eigenvalue weighted by atomic mass is 10.0. The quantitative estimate of drug-likeness (QED) is 0.775. The van der Waals surface area contributed by atoms with Crippen LogP contribution < -0.4 is 9.64 Å². The summed E-state index contributed by atoms with van der Waals surface area (Å²) in [7, 11) is 0. The molecule has 116 valence electrons. The molecule has 2 heterocycles. The number of piperidine rings is 1. The molecule has 0 radical (unpaired) electrons. The summed E-state index contributed by atoms with van der Waals surface area (Å²) in [5.74, 6) is 1.07. The number of anilines is 1. The molecule has 1 fully saturated rings. The molecule has 0 aromatic carbocycles. The second kappa shape index (κ2) is 7.24. The van der Waals surface area contributed by atoms with Crippen LogP contribution in [0.3, 0.4) is 0 Å². The molecule has 2 rings (SSSR count). The van der Waals surface area contributed by atoms with Crippen LogP contribution in [-0.2, 0) is 9.53 Å². The summed E-state index contributed by atoms with van der Waals surface area (Å²) in [5.41, 5.74) is 0. The van der Waals surface area contributed by atoms with Gasteiger partial charge in [-0.2, -0.15) is 0 Å². The maximum atomic E-state index is 12.1. The van der Waals surface area contributed by atoms with Crippen molar-refractivity contribution in [2.75, 3.05) is 18.1 Å². The van der Waals surface area contributed by atoms with Gasteiger partial charge >= 0.3 is 5.97 Å². The van der Waals surface area contributed by atoms with E-state index >= 15 is 0 Å². The van der Waals surface area contributed by atoms with Gasteiger partial charge in [-0.05, 0) is 40.0 Å². The van der Waals surface area contributed by atoms with Gasteiger partial charge in [-0.3, -0.25) is 0 Å². The lowest BCUT2D eigenvalue weighted by Gasteiger charge is -2.34. The van der Waals surface area contributed by atoms with E-state index in [2.05, 4.69) is 9.97 Å². The summed E-state index contributed by atoms with van der Waals surface area (Å²) in [6.45, 7) is 6.91. The first-order valence-corrected chi connectivity index (χ1v) is 7.53. The van der Waals surface area contributed by atoms with Crippen LogP contribution in [0.2, 0.25) is 0 Å². The Labute approximate surface area is 125 Å². The van der Waals surface area contributed by atoms with Crippen LogP contribution in [-0.4, -0.2) is 41.2 Å². The van der Waals surface area contributed by atoms with Crippen molar-refractivity contribution in [3.8, 4) is 5.88 Å². The van der Waals surface area contributed by atoms with E-state index in [0.29, 0.717) is 12.5 Å². The van der Waals surface area contributed by atoms with Gasteiger partial charge in [-0.15, -0.1) is 0 Å². The summed E-state index contributed by atoms with van der Waals surface area (Å²) in [6.07, 6.45) is 4.39. The molecule has 1 unspecified atom stereocenters.